The molecule has 1 fully saturated rings. The summed E-state index contributed by atoms with van der Waals surface area (Å²) in [7, 11) is 1.64. The Hall–Kier alpha value is -1.63. The largest absolute Gasteiger partial charge is 0.491 e. The van der Waals surface area contributed by atoms with Gasteiger partial charge >= 0.3 is 0 Å². The van der Waals surface area contributed by atoms with E-state index in [1.807, 2.05) is 12.1 Å². The van der Waals surface area contributed by atoms with Gasteiger partial charge in [-0.3, -0.25) is 0 Å². The van der Waals surface area contributed by atoms with Crippen LogP contribution in [-0.2, 0) is 11.2 Å². The van der Waals surface area contributed by atoms with E-state index in [-0.39, 0.29) is 0 Å². The van der Waals surface area contributed by atoms with Crippen molar-refractivity contribution in [2.45, 2.75) is 19.3 Å². The second-order valence-electron chi connectivity index (χ2n) is 5.90. The molecule has 0 spiro atoms. The molecule has 1 aliphatic rings. The lowest BCUT2D eigenvalue weighted by Crippen LogP contribution is -2.28. The van der Waals surface area contributed by atoms with Crippen molar-refractivity contribution in [1.82, 2.24) is 15.5 Å². The van der Waals surface area contributed by atoms with Gasteiger partial charge in [0.1, 0.15) is 12.4 Å². The Morgan fingerprint density at radius 1 is 1.29 bits per heavy atom. The summed E-state index contributed by atoms with van der Waals surface area (Å²) in [6.45, 7) is 3.13. The number of methoxy groups -OCH3 is 1. The van der Waals surface area contributed by atoms with E-state index in [0.717, 1.165) is 43.7 Å². The summed E-state index contributed by atoms with van der Waals surface area (Å²) in [5.74, 6) is 2.50. The maximum Gasteiger partial charge on any atom is 0.259 e. The van der Waals surface area contributed by atoms with Crippen molar-refractivity contribution in [1.29, 1.82) is 0 Å². The summed E-state index contributed by atoms with van der Waals surface area (Å²) < 4.78 is 15.9. The van der Waals surface area contributed by atoms with E-state index in [4.69, 9.17) is 25.6 Å². The molecule has 6 nitrogen and oxygen atoms in total. The predicted molar refractivity (Wildman–Crippen MR) is 91.4 cm³/mol. The third-order valence-electron chi connectivity index (χ3n) is 4.13. The summed E-state index contributed by atoms with van der Waals surface area (Å²) in [5, 5.41) is 7.99. The second kappa shape index (κ2) is 8.46. The van der Waals surface area contributed by atoms with E-state index in [1.54, 1.807) is 13.2 Å². The molecule has 1 aromatic carbocycles. The van der Waals surface area contributed by atoms with E-state index >= 15 is 0 Å². The van der Waals surface area contributed by atoms with Crippen molar-refractivity contribution < 1.29 is 14.0 Å². The third-order valence-corrected chi connectivity index (χ3v) is 4.44. The van der Waals surface area contributed by atoms with Crippen LogP contribution in [0.1, 0.15) is 18.7 Å². The van der Waals surface area contributed by atoms with Gasteiger partial charge < -0.3 is 19.3 Å². The molecule has 130 valence electrons. The number of hydrogen-bond donors (Lipinski definition) is 1. The fourth-order valence-electron chi connectivity index (χ4n) is 2.79. The number of piperidine rings is 1. The number of hydrogen-bond acceptors (Lipinski definition) is 6. The van der Waals surface area contributed by atoms with Gasteiger partial charge in [-0.15, -0.1) is 0 Å². The van der Waals surface area contributed by atoms with Crippen LogP contribution in [0.2, 0.25) is 5.02 Å². The summed E-state index contributed by atoms with van der Waals surface area (Å²) in [6.07, 6.45) is 3.15. The minimum atomic E-state index is 0.451. The number of aromatic nitrogens is 2. The van der Waals surface area contributed by atoms with Gasteiger partial charge in [0.25, 0.3) is 5.89 Å². The van der Waals surface area contributed by atoms with Crippen LogP contribution >= 0.6 is 11.6 Å². The molecular formula is C17H22ClN3O3. The molecule has 7 heteroatoms. The highest BCUT2D eigenvalue weighted by Gasteiger charge is 2.18. The molecule has 0 unspecified atom stereocenters. The molecule has 0 bridgehead atoms. The van der Waals surface area contributed by atoms with Crippen LogP contribution in [0.4, 0.5) is 0 Å². The maximum atomic E-state index is 6.33. The lowest BCUT2D eigenvalue weighted by atomic mass is 9.94. The minimum Gasteiger partial charge on any atom is -0.491 e. The normalized spacial score (nSPS) is 15.6. The van der Waals surface area contributed by atoms with Gasteiger partial charge in [-0.1, -0.05) is 16.8 Å². The zero-order valence-electron chi connectivity index (χ0n) is 13.8. The maximum absolute atomic E-state index is 6.33. The van der Waals surface area contributed by atoms with Gasteiger partial charge in [-0.05, 0) is 50.0 Å². The van der Waals surface area contributed by atoms with Crippen molar-refractivity contribution in [3.05, 3.63) is 29.0 Å². The molecule has 0 saturated carbocycles. The molecule has 1 aliphatic heterocycles. The Balaban J connectivity index is 1.65. The molecular weight excluding hydrogens is 330 g/mol. The van der Waals surface area contributed by atoms with E-state index in [1.165, 1.54) is 0 Å². The first-order valence-corrected chi connectivity index (χ1v) is 8.59. The highest BCUT2D eigenvalue weighted by molar-refractivity contribution is 6.33. The quantitative estimate of drug-likeness (QED) is 0.773. The number of benzene rings is 1. The zero-order chi connectivity index (χ0) is 16.8. The zero-order valence-corrected chi connectivity index (χ0v) is 14.5. The van der Waals surface area contributed by atoms with Crippen molar-refractivity contribution in [3.63, 3.8) is 0 Å². The van der Waals surface area contributed by atoms with Gasteiger partial charge in [0.2, 0.25) is 0 Å². The molecule has 0 radical (unpaired) electrons. The van der Waals surface area contributed by atoms with Crippen LogP contribution in [0, 0.1) is 5.92 Å². The SMILES string of the molecule is COCCOc1ccc(-c2nc(CC3CCNCC3)no2)c(Cl)c1. The van der Waals surface area contributed by atoms with Crippen molar-refractivity contribution in [2.75, 3.05) is 33.4 Å². The van der Waals surface area contributed by atoms with Gasteiger partial charge in [0.05, 0.1) is 17.2 Å². The molecule has 0 amide bonds. The van der Waals surface area contributed by atoms with Crippen LogP contribution in [0.15, 0.2) is 22.7 Å². The number of rotatable bonds is 7. The molecule has 1 N–H and O–H groups in total. The average Bonchev–Trinajstić information content (AvgIpc) is 3.04. The van der Waals surface area contributed by atoms with E-state index in [0.29, 0.717) is 35.8 Å². The predicted octanol–water partition coefficient (Wildman–Crippen LogP) is 2.96. The Kier molecular flexibility index (Phi) is 6.07. The van der Waals surface area contributed by atoms with Crippen LogP contribution in [0.5, 0.6) is 5.75 Å². The first-order valence-electron chi connectivity index (χ1n) is 8.21. The Morgan fingerprint density at radius 3 is 2.88 bits per heavy atom. The fourth-order valence-corrected chi connectivity index (χ4v) is 3.04. The lowest BCUT2D eigenvalue weighted by Gasteiger charge is -2.20. The Bertz CT molecular complexity index is 656. The van der Waals surface area contributed by atoms with Gasteiger partial charge in [0.15, 0.2) is 5.82 Å². The topological polar surface area (TPSA) is 69.4 Å². The highest BCUT2D eigenvalue weighted by Crippen LogP contribution is 2.30. The molecule has 0 atom stereocenters. The van der Waals surface area contributed by atoms with Crippen LogP contribution < -0.4 is 10.1 Å². The standard InChI is InChI=1S/C17H22ClN3O3/c1-22-8-9-23-13-2-3-14(15(18)11-13)17-20-16(21-24-17)10-12-4-6-19-7-5-12/h2-3,11-12,19H,4-10H2,1H3. The second-order valence-corrected chi connectivity index (χ2v) is 6.30. The Morgan fingerprint density at radius 2 is 2.12 bits per heavy atom. The summed E-state index contributed by atoms with van der Waals surface area (Å²) in [6, 6.07) is 5.43. The number of nitrogens with one attached hydrogen (secondary N) is 1. The average molecular weight is 352 g/mol. The molecule has 3 rings (SSSR count). The highest BCUT2D eigenvalue weighted by atomic mass is 35.5. The van der Waals surface area contributed by atoms with Crippen molar-refractivity contribution in [2.24, 2.45) is 5.92 Å². The smallest absolute Gasteiger partial charge is 0.259 e. The first-order chi connectivity index (χ1) is 11.8. The molecule has 1 saturated heterocycles. The first kappa shape index (κ1) is 17.2. The summed E-state index contributed by atoms with van der Waals surface area (Å²) in [5.41, 5.74) is 0.722. The summed E-state index contributed by atoms with van der Waals surface area (Å²) >= 11 is 6.33. The number of nitrogens with zero attached hydrogens (tertiary/aromatic N) is 2. The third kappa shape index (κ3) is 4.47. The number of ether oxygens (including phenoxy) is 2. The molecule has 0 aliphatic carbocycles. The van der Waals surface area contributed by atoms with Crippen LogP contribution in [0.25, 0.3) is 11.5 Å². The minimum absolute atomic E-state index is 0.451. The summed E-state index contributed by atoms with van der Waals surface area (Å²) in [4.78, 5) is 4.50. The van der Waals surface area contributed by atoms with E-state index in [9.17, 15) is 0 Å². The molecule has 1 aromatic heterocycles. The monoisotopic (exact) mass is 351 g/mol. The van der Waals surface area contributed by atoms with Crippen molar-refractivity contribution in [3.8, 4) is 17.2 Å². The fraction of sp³-hybridized carbons (Fsp3) is 0.529. The van der Waals surface area contributed by atoms with E-state index < -0.39 is 0 Å². The van der Waals surface area contributed by atoms with Gasteiger partial charge in [0, 0.05) is 13.5 Å². The van der Waals surface area contributed by atoms with E-state index in [2.05, 4.69) is 15.5 Å². The van der Waals surface area contributed by atoms with Gasteiger partial charge in [-0.25, -0.2) is 0 Å². The molecule has 2 heterocycles. The molecule has 24 heavy (non-hydrogen) atoms. The lowest BCUT2D eigenvalue weighted by molar-refractivity contribution is 0.146. The van der Waals surface area contributed by atoms with Crippen molar-refractivity contribution >= 4 is 11.6 Å². The molecule has 2 aromatic rings. The van der Waals surface area contributed by atoms with Crippen LogP contribution in [-0.4, -0.2) is 43.6 Å². The number of halogens is 1. The Labute approximate surface area is 146 Å². The van der Waals surface area contributed by atoms with Crippen LogP contribution in [0.3, 0.4) is 0 Å². The van der Waals surface area contributed by atoms with Gasteiger partial charge in [-0.2, -0.15) is 4.98 Å².